The van der Waals surface area contributed by atoms with Gasteiger partial charge in [0.2, 0.25) is 0 Å². The van der Waals surface area contributed by atoms with Gasteiger partial charge in [0.15, 0.2) is 11.6 Å². The molecule has 0 heterocycles. The standard InChI is InChI=1S/C24H18O2S2/c1-27-21-7-3-5-15-19(21)10-13-9-14-11-20-16(6-4-8-22(20)28-2)24(26)18(14)12-17(13)23(15)25/h3-9,12H,10-11H2,1-2H3. The van der Waals surface area contributed by atoms with Gasteiger partial charge in [-0.25, -0.2) is 0 Å². The Morgan fingerprint density at radius 1 is 0.643 bits per heavy atom. The highest BCUT2D eigenvalue weighted by molar-refractivity contribution is 7.98. The molecule has 0 bridgehead atoms. The van der Waals surface area contributed by atoms with Crippen LogP contribution in [0.25, 0.3) is 0 Å². The summed E-state index contributed by atoms with van der Waals surface area (Å²) in [5.41, 5.74) is 7.20. The first kappa shape index (κ1) is 17.8. The molecule has 3 aromatic carbocycles. The minimum Gasteiger partial charge on any atom is -0.289 e. The summed E-state index contributed by atoms with van der Waals surface area (Å²) in [5, 5.41) is 0. The molecule has 0 aliphatic heterocycles. The molecule has 3 aromatic rings. The van der Waals surface area contributed by atoms with Gasteiger partial charge in [0.1, 0.15) is 0 Å². The number of hydrogen-bond donors (Lipinski definition) is 0. The van der Waals surface area contributed by atoms with E-state index in [1.54, 1.807) is 23.5 Å². The molecule has 0 spiro atoms. The smallest absolute Gasteiger partial charge is 0.193 e. The lowest BCUT2D eigenvalue weighted by Crippen LogP contribution is -2.21. The third-order valence-electron chi connectivity index (χ3n) is 5.75. The average molecular weight is 403 g/mol. The van der Waals surface area contributed by atoms with E-state index in [1.165, 1.54) is 0 Å². The van der Waals surface area contributed by atoms with Gasteiger partial charge in [0.25, 0.3) is 0 Å². The molecule has 2 nitrogen and oxygen atoms in total. The third kappa shape index (κ3) is 2.51. The topological polar surface area (TPSA) is 34.1 Å². The van der Waals surface area contributed by atoms with Crippen LogP contribution in [-0.2, 0) is 12.8 Å². The lowest BCUT2D eigenvalue weighted by atomic mass is 9.78. The lowest BCUT2D eigenvalue weighted by molar-refractivity contribution is 0.103. The minimum atomic E-state index is 0.0337. The molecule has 4 heteroatoms. The molecule has 2 aliphatic carbocycles. The molecule has 0 unspecified atom stereocenters. The van der Waals surface area contributed by atoms with Gasteiger partial charge in [-0.3, -0.25) is 9.59 Å². The van der Waals surface area contributed by atoms with Crippen molar-refractivity contribution < 1.29 is 9.59 Å². The van der Waals surface area contributed by atoms with Crippen LogP contribution in [0, 0.1) is 0 Å². The second-order valence-corrected chi connectivity index (χ2v) is 8.85. The first-order valence-corrected chi connectivity index (χ1v) is 11.6. The molecule has 0 saturated carbocycles. The fourth-order valence-corrected chi connectivity index (χ4v) is 5.67. The van der Waals surface area contributed by atoms with Crippen molar-refractivity contribution in [1.82, 2.24) is 0 Å². The third-order valence-corrected chi connectivity index (χ3v) is 7.39. The van der Waals surface area contributed by atoms with Gasteiger partial charge in [-0.05, 0) is 53.0 Å². The van der Waals surface area contributed by atoms with Crippen molar-refractivity contribution in [1.29, 1.82) is 0 Å². The molecule has 0 saturated heterocycles. The van der Waals surface area contributed by atoms with E-state index in [9.17, 15) is 9.59 Å². The van der Waals surface area contributed by atoms with Crippen LogP contribution in [0.3, 0.4) is 0 Å². The van der Waals surface area contributed by atoms with Crippen molar-refractivity contribution in [2.24, 2.45) is 0 Å². The van der Waals surface area contributed by atoms with E-state index in [4.69, 9.17) is 0 Å². The van der Waals surface area contributed by atoms with Crippen LogP contribution in [0.1, 0.15) is 54.1 Å². The number of thioether (sulfide) groups is 2. The molecule has 0 atom stereocenters. The fourth-order valence-electron chi connectivity index (χ4n) is 4.39. The SMILES string of the molecule is CSc1cccc2c1Cc1cc3c(cc1C2=O)C(=O)c1cccc(SC)c1C3. The molecule has 28 heavy (non-hydrogen) atoms. The second kappa shape index (κ2) is 6.64. The average Bonchev–Trinajstić information content (AvgIpc) is 2.72. The van der Waals surface area contributed by atoms with Crippen LogP contribution >= 0.6 is 23.5 Å². The maximum Gasteiger partial charge on any atom is 0.193 e. The molecular formula is C24H18O2S2. The van der Waals surface area contributed by atoms with Crippen molar-refractivity contribution in [3.63, 3.8) is 0 Å². The number of benzene rings is 3. The quantitative estimate of drug-likeness (QED) is 0.370. The van der Waals surface area contributed by atoms with Gasteiger partial charge >= 0.3 is 0 Å². The molecule has 0 radical (unpaired) electrons. The van der Waals surface area contributed by atoms with Gasteiger partial charge in [0.05, 0.1) is 0 Å². The summed E-state index contributed by atoms with van der Waals surface area (Å²) >= 11 is 3.35. The van der Waals surface area contributed by atoms with Gasteiger partial charge < -0.3 is 0 Å². The Bertz CT molecular complexity index is 1090. The van der Waals surface area contributed by atoms with Crippen molar-refractivity contribution in [2.75, 3.05) is 12.5 Å². The fraction of sp³-hybridized carbons (Fsp3) is 0.167. The number of fused-ring (bicyclic) bond motifs is 4. The summed E-state index contributed by atoms with van der Waals surface area (Å²) < 4.78 is 0. The summed E-state index contributed by atoms with van der Waals surface area (Å²) in [6, 6.07) is 15.8. The molecule has 138 valence electrons. The number of hydrogen-bond acceptors (Lipinski definition) is 4. The molecule has 0 N–H and O–H groups in total. The monoisotopic (exact) mass is 402 g/mol. The molecule has 2 aliphatic rings. The molecule has 0 fully saturated rings. The second-order valence-electron chi connectivity index (χ2n) is 7.15. The maximum absolute atomic E-state index is 13.2. The highest BCUT2D eigenvalue weighted by Gasteiger charge is 2.31. The van der Waals surface area contributed by atoms with E-state index in [-0.39, 0.29) is 11.6 Å². The number of ketones is 2. The van der Waals surface area contributed by atoms with Gasteiger partial charge in [-0.1, -0.05) is 30.3 Å². The van der Waals surface area contributed by atoms with E-state index >= 15 is 0 Å². The number of carbonyl (C=O) groups is 2. The molecular weight excluding hydrogens is 384 g/mol. The first-order chi connectivity index (χ1) is 13.6. The maximum atomic E-state index is 13.2. The van der Waals surface area contributed by atoms with Crippen LogP contribution in [0.2, 0.25) is 0 Å². The zero-order valence-corrected chi connectivity index (χ0v) is 17.3. The van der Waals surface area contributed by atoms with Crippen LogP contribution in [0.5, 0.6) is 0 Å². The lowest BCUT2D eigenvalue weighted by Gasteiger charge is -2.26. The number of rotatable bonds is 2. The van der Waals surface area contributed by atoms with E-state index in [1.807, 2.05) is 42.8 Å². The van der Waals surface area contributed by atoms with Crippen LogP contribution in [-0.4, -0.2) is 24.1 Å². The molecule has 0 amide bonds. The van der Waals surface area contributed by atoms with E-state index < -0.39 is 0 Å². The minimum absolute atomic E-state index is 0.0337. The molecule has 5 rings (SSSR count). The van der Waals surface area contributed by atoms with Crippen molar-refractivity contribution in [3.05, 3.63) is 93.0 Å². The van der Waals surface area contributed by atoms with Crippen LogP contribution in [0.15, 0.2) is 58.3 Å². The Morgan fingerprint density at radius 3 is 1.54 bits per heavy atom. The Kier molecular flexibility index (Phi) is 4.22. The molecule has 0 aromatic heterocycles. The summed E-state index contributed by atoms with van der Waals surface area (Å²) in [7, 11) is 0. The Hall–Kier alpha value is -2.30. The van der Waals surface area contributed by atoms with Crippen LogP contribution in [0.4, 0.5) is 0 Å². The van der Waals surface area contributed by atoms with E-state index in [0.29, 0.717) is 11.1 Å². The number of carbonyl (C=O) groups excluding carboxylic acids is 2. The predicted octanol–water partition coefficient (Wildman–Crippen LogP) is 5.40. The zero-order chi connectivity index (χ0) is 19.4. The van der Waals surface area contributed by atoms with Gasteiger partial charge in [-0.15, -0.1) is 23.5 Å². The first-order valence-electron chi connectivity index (χ1n) is 9.19. The Morgan fingerprint density at radius 2 is 1.11 bits per heavy atom. The van der Waals surface area contributed by atoms with E-state index in [0.717, 1.165) is 56.0 Å². The predicted molar refractivity (Wildman–Crippen MR) is 115 cm³/mol. The van der Waals surface area contributed by atoms with Crippen molar-refractivity contribution in [2.45, 2.75) is 22.6 Å². The van der Waals surface area contributed by atoms with Crippen LogP contribution < -0.4 is 0 Å². The van der Waals surface area contributed by atoms with E-state index in [2.05, 4.69) is 18.2 Å². The van der Waals surface area contributed by atoms with Gasteiger partial charge in [0, 0.05) is 44.9 Å². The Balaban J connectivity index is 1.67. The Labute approximate surface area is 172 Å². The zero-order valence-electron chi connectivity index (χ0n) is 15.7. The summed E-state index contributed by atoms with van der Waals surface area (Å²) in [4.78, 5) is 28.7. The highest BCUT2D eigenvalue weighted by Crippen LogP contribution is 2.38. The summed E-state index contributed by atoms with van der Waals surface area (Å²) in [6.45, 7) is 0. The van der Waals surface area contributed by atoms with Crippen molar-refractivity contribution >= 4 is 35.1 Å². The summed E-state index contributed by atoms with van der Waals surface area (Å²) in [6.07, 6.45) is 5.57. The highest BCUT2D eigenvalue weighted by atomic mass is 32.2. The normalized spacial score (nSPS) is 14.2. The van der Waals surface area contributed by atoms with Gasteiger partial charge in [-0.2, -0.15) is 0 Å². The summed E-state index contributed by atoms with van der Waals surface area (Å²) in [5.74, 6) is 0.0674. The largest absolute Gasteiger partial charge is 0.289 e. The van der Waals surface area contributed by atoms with Crippen molar-refractivity contribution in [3.8, 4) is 0 Å².